The van der Waals surface area contributed by atoms with Crippen LogP contribution in [0.4, 0.5) is 17.1 Å². The molecule has 0 atom stereocenters. The second kappa shape index (κ2) is 10.9. The van der Waals surface area contributed by atoms with Crippen LogP contribution in [0.25, 0.3) is 0 Å². The Kier molecular flexibility index (Phi) is 7.75. The largest absolute Gasteiger partial charge is 0.493 e. The van der Waals surface area contributed by atoms with Gasteiger partial charge in [0.25, 0.3) is 11.8 Å². The summed E-state index contributed by atoms with van der Waals surface area (Å²) in [5, 5.41) is 5.60. The number of nitrogens with one attached hydrogen (secondary N) is 2. The number of anilines is 3. The molecule has 0 aromatic heterocycles. The lowest BCUT2D eigenvalue weighted by molar-refractivity contribution is -0.118. The van der Waals surface area contributed by atoms with E-state index in [0.29, 0.717) is 34.2 Å². The molecule has 0 heterocycles. The van der Waals surface area contributed by atoms with Gasteiger partial charge in [0.05, 0.1) is 14.2 Å². The highest BCUT2D eigenvalue weighted by molar-refractivity contribution is 6.05. The SMILES string of the molecule is COc1ccc(OCC(=O)Nc2cccc(NC(=O)c3ccc(N(C)C)cc3)c2)cc1OC. The average Bonchev–Trinajstić information content (AvgIpc) is 2.82. The van der Waals surface area contributed by atoms with E-state index in [2.05, 4.69) is 10.6 Å². The van der Waals surface area contributed by atoms with Crippen molar-refractivity contribution in [2.75, 3.05) is 50.5 Å². The predicted molar refractivity (Wildman–Crippen MR) is 129 cm³/mol. The minimum Gasteiger partial charge on any atom is -0.493 e. The Morgan fingerprint density at radius 3 is 2.12 bits per heavy atom. The molecular formula is C25H27N3O5. The Balaban J connectivity index is 1.57. The molecule has 0 bridgehead atoms. The normalized spacial score (nSPS) is 10.2. The molecule has 2 N–H and O–H groups in total. The van der Waals surface area contributed by atoms with Crippen LogP contribution in [0.5, 0.6) is 17.2 Å². The van der Waals surface area contributed by atoms with Gasteiger partial charge in [0, 0.05) is 42.8 Å². The van der Waals surface area contributed by atoms with Crippen LogP contribution in [0.2, 0.25) is 0 Å². The first kappa shape index (κ1) is 23.5. The smallest absolute Gasteiger partial charge is 0.262 e. The maximum absolute atomic E-state index is 12.5. The summed E-state index contributed by atoms with van der Waals surface area (Å²) in [6.07, 6.45) is 0. The van der Waals surface area contributed by atoms with Crippen molar-refractivity contribution in [1.29, 1.82) is 0 Å². The van der Waals surface area contributed by atoms with Gasteiger partial charge in [-0.2, -0.15) is 0 Å². The second-order valence-electron chi connectivity index (χ2n) is 7.33. The van der Waals surface area contributed by atoms with Crippen LogP contribution < -0.4 is 29.7 Å². The van der Waals surface area contributed by atoms with Gasteiger partial charge in [0.15, 0.2) is 18.1 Å². The molecule has 0 fully saturated rings. The second-order valence-corrected chi connectivity index (χ2v) is 7.33. The summed E-state index contributed by atoms with van der Waals surface area (Å²) < 4.78 is 16.0. The number of hydrogen-bond donors (Lipinski definition) is 2. The van der Waals surface area contributed by atoms with Crippen LogP contribution in [0.1, 0.15) is 10.4 Å². The predicted octanol–water partition coefficient (Wildman–Crippen LogP) is 4.04. The first-order chi connectivity index (χ1) is 15.9. The van der Waals surface area contributed by atoms with Crippen molar-refractivity contribution in [2.24, 2.45) is 0 Å². The van der Waals surface area contributed by atoms with Crippen LogP contribution in [0.15, 0.2) is 66.7 Å². The lowest BCUT2D eigenvalue weighted by Crippen LogP contribution is -2.20. The van der Waals surface area contributed by atoms with Crippen LogP contribution in [-0.2, 0) is 4.79 Å². The van der Waals surface area contributed by atoms with Crippen LogP contribution in [0, 0.1) is 0 Å². The van der Waals surface area contributed by atoms with Gasteiger partial charge in [-0.15, -0.1) is 0 Å². The molecule has 2 amide bonds. The summed E-state index contributed by atoms with van der Waals surface area (Å²) in [7, 11) is 6.95. The third kappa shape index (κ3) is 6.39. The van der Waals surface area contributed by atoms with Crippen molar-refractivity contribution in [3.8, 4) is 17.2 Å². The summed E-state index contributed by atoms with van der Waals surface area (Å²) in [5.74, 6) is 0.981. The van der Waals surface area contributed by atoms with Gasteiger partial charge < -0.3 is 29.7 Å². The van der Waals surface area contributed by atoms with E-state index in [1.54, 1.807) is 61.7 Å². The maximum atomic E-state index is 12.5. The average molecular weight is 450 g/mol. The van der Waals surface area contributed by atoms with E-state index in [4.69, 9.17) is 14.2 Å². The fourth-order valence-electron chi connectivity index (χ4n) is 3.04. The van der Waals surface area contributed by atoms with Crippen molar-refractivity contribution in [3.05, 3.63) is 72.3 Å². The van der Waals surface area contributed by atoms with E-state index >= 15 is 0 Å². The van der Waals surface area contributed by atoms with Crippen molar-refractivity contribution in [2.45, 2.75) is 0 Å². The molecule has 0 aliphatic rings. The Morgan fingerprint density at radius 2 is 1.48 bits per heavy atom. The van der Waals surface area contributed by atoms with E-state index in [1.807, 2.05) is 31.1 Å². The van der Waals surface area contributed by atoms with E-state index in [0.717, 1.165) is 5.69 Å². The third-order valence-electron chi connectivity index (χ3n) is 4.78. The van der Waals surface area contributed by atoms with Gasteiger partial charge >= 0.3 is 0 Å². The highest BCUT2D eigenvalue weighted by Crippen LogP contribution is 2.30. The number of ether oxygens (including phenoxy) is 3. The minimum absolute atomic E-state index is 0.190. The van der Waals surface area contributed by atoms with Crippen molar-refractivity contribution in [3.63, 3.8) is 0 Å². The monoisotopic (exact) mass is 449 g/mol. The zero-order chi connectivity index (χ0) is 23.8. The molecule has 8 heteroatoms. The Labute approximate surface area is 193 Å². The summed E-state index contributed by atoms with van der Waals surface area (Å²) >= 11 is 0. The molecule has 0 saturated heterocycles. The lowest BCUT2D eigenvalue weighted by Gasteiger charge is -2.13. The molecular weight excluding hydrogens is 422 g/mol. The van der Waals surface area contributed by atoms with Gasteiger partial charge in [-0.1, -0.05) is 6.07 Å². The standard InChI is InChI=1S/C25H27N3O5/c1-28(2)20-10-8-17(9-11-20)25(30)27-19-7-5-6-18(14-19)26-24(29)16-33-21-12-13-22(31-3)23(15-21)32-4/h5-15H,16H2,1-4H3,(H,26,29)(H,27,30). The van der Waals surface area contributed by atoms with Gasteiger partial charge in [0.2, 0.25) is 0 Å². The van der Waals surface area contributed by atoms with Gasteiger partial charge in [-0.25, -0.2) is 0 Å². The molecule has 0 saturated carbocycles. The number of hydrogen-bond acceptors (Lipinski definition) is 6. The van der Waals surface area contributed by atoms with Crippen LogP contribution in [0.3, 0.4) is 0 Å². The van der Waals surface area contributed by atoms with Crippen molar-refractivity contribution in [1.82, 2.24) is 0 Å². The van der Waals surface area contributed by atoms with Crippen LogP contribution >= 0.6 is 0 Å². The van der Waals surface area contributed by atoms with Gasteiger partial charge in [-0.3, -0.25) is 9.59 Å². The Morgan fingerprint density at radius 1 is 0.818 bits per heavy atom. The molecule has 0 aliphatic heterocycles. The molecule has 3 aromatic rings. The van der Waals surface area contributed by atoms with Crippen LogP contribution in [-0.4, -0.2) is 46.7 Å². The number of nitrogens with zero attached hydrogens (tertiary/aromatic N) is 1. The number of carbonyl (C=O) groups is 2. The Hall–Kier alpha value is -4.20. The Bertz CT molecular complexity index is 1110. The fraction of sp³-hybridized carbons (Fsp3) is 0.200. The third-order valence-corrected chi connectivity index (χ3v) is 4.78. The zero-order valence-corrected chi connectivity index (χ0v) is 19.0. The number of rotatable bonds is 9. The molecule has 0 spiro atoms. The molecule has 33 heavy (non-hydrogen) atoms. The van der Waals surface area contributed by atoms with E-state index in [9.17, 15) is 9.59 Å². The maximum Gasteiger partial charge on any atom is 0.262 e. The highest BCUT2D eigenvalue weighted by atomic mass is 16.5. The summed E-state index contributed by atoms with van der Waals surface area (Å²) in [6.45, 7) is -0.190. The number of carbonyl (C=O) groups excluding carboxylic acids is 2. The summed E-state index contributed by atoms with van der Waals surface area (Å²) in [6, 6.07) is 19.2. The molecule has 0 unspecified atom stereocenters. The van der Waals surface area contributed by atoms with Gasteiger partial charge in [0.1, 0.15) is 5.75 Å². The summed E-state index contributed by atoms with van der Waals surface area (Å²) in [5.41, 5.74) is 2.65. The number of benzene rings is 3. The molecule has 3 aromatic carbocycles. The summed E-state index contributed by atoms with van der Waals surface area (Å²) in [4.78, 5) is 26.8. The number of methoxy groups -OCH3 is 2. The highest BCUT2D eigenvalue weighted by Gasteiger charge is 2.10. The zero-order valence-electron chi connectivity index (χ0n) is 19.0. The molecule has 8 nitrogen and oxygen atoms in total. The topological polar surface area (TPSA) is 89.1 Å². The molecule has 172 valence electrons. The minimum atomic E-state index is -0.340. The van der Waals surface area contributed by atoms with Crippen molar-refractivity contribution < 1.29 is 23.8 Å². The van der Waals surface area contributed by atoms with E-state index < -0.39 is 0 Å². The first-order valence-corrected chi connectivity index (χ1v) is 10.2. The number of amides is 2. The van der Waals surface area contributed by atoms with E-state index in [-0.39, 0.29) is 18.4 Å². The lowest BCUT2D eigenvalue weighted by atomic mass is 10.2. The van der Waals surface area contributed by atoms with E-state index in [1.165, 1.54) is 7.11 Å². The van der Waals surface area contributed by atoms with Gasteiger partial charge in [-0.05, 0) is 54.6 Å². The fourth-order valence-corrected chi connectivity index (χ4v) is 3.04. The first-order valence-electron chi connectivity index (χ1n) is 10.2. The molecule has 3 rings (SSSR count). The quantitative estimate of drug-likeness (QED) is 0.513. The van der Waals surface area contributed by atoms with Crippen molar-refractivity contribution >= 4 is 28.9 Å². The molecule has 0 aliphatic carbocycles. The molecule has 0 radical (unpaired) electrons.